The summed E-state index contributed by atoms with van der Waals surface area (Å²) in [5.74, 6) is 1.68. The quantitative estimate of drug-likeness (QED) is 0.213. The molecule has 0 atom stereocenters. The van der Waals surface area contributed by atoms with E-state index in [0.717, 1.165) is 16.9 Å². The van der Waals surface area contributed by atoms with Crippen LogP contribution in [0.2, 0.25) is 0 Å². The van der Waals surface area contributed by atoms with E-state index < -0.39 is 10.8 Å². The highest BCUT2D eigenvalue weighted by atomic mass is 16.6. The van der Waals surface area contributed by atoms with E-state index in [9.17, 15) is 14.9 Å². The number of methoxy groups -OCH3 is 1. The van der Waals surface area contributed by atoms with Gasteiger partial charge in [-0.15, -0.1) is 0 Å². The molecular formula is C27H24N2O7. The number of nitrogens with zero attached hydrogens (tertiary/aromatic N) is 1. The maximum absolute atomic E-state index is 12.8. The third kappa shape index (κ3) is 5.64. The molecule has 0 spiro atoms. The van der Waals surface area contributed by atoms with Crippen molar-refractivity contribution in [1.82, 2.24) is 0 Å². The first-order valence-corrected chi connectivity index (χ1v) is 11.0. The fourth-order valence-corrected chi connectivity index (χ4v) is 3.59. The molecule has 0 radical (unpaired) electrons. The molecule has 36 heavy (non-hydrogen) atoms. The van der Waals surface area contributed by atoms with Gasteiger partial charge in [-0.25, -0.2) is 0 Å². The summed E-state index contributed by atoms with van der Waals surface area (Å²) in [7, 11) is 1.49. The van der Waals surface area contributed by atoms with Gasteiger partial charge in [0, 0.05) is 12.1 Å². The molecule has 1 amide bonds. The lowest BCUT2D eigenvalue weighted by atomic mass is 10.1. The van der Waals surface area contributed by atoms with Crippen molar-refractivity contribution in [2.24, 2.45) is 0 Å². The second kappa shape index (κ2) is 10.6. The van der Waals surface area contributed by atoms with E-state index in [1.165, 1.54) is 31.4 Å². The minimum Gasteiger partial charge on any atom is -0.493 e. The Morgan fingerprint density at radius 2 is 1.69 bits per heavy atom. The van der Waals surface area contributed by atoms with Gasteiger partial charge in [0.2, 0.25) is 0 Å². The molecule has 9 heteroatoms. The highest BCUT2D eigenvalue weighted by Gasteiger charge is 2.17. The molecule has 0 bridgehead atoms. The molecule has 4 aromatic rings. The van der Waals surface area contributed by atoms with Gasteiger partial charge in [0.1, 0.15) is 23.9 Å². The van der Waals surface area contributed by atoms with Gasteiger partial charge in [-0.2, -0.15) is 0 Å². The van der Waals surface area contributed by atoms with Gasteiger partial charge in [0.05, 0.1) is 23.8 Å². The van der Waals surface area contributed by atoms with Crippen LogP contribution in [0.25, 0.3) is 0 Å². The normalized spacial score (nSPS) is 10.5. The van der Waals surface area contributed by atoms with Crippen LogP contribution in [0.3, 0.4) is 0 Å². The number of aryl methyl sites for hydroxylation is 2. The molecule has 1 heterocycles. The summed E-state index contributed by atoms with van der Waals surface area (Å²) in [6.07, 6.45) is 0. The van der Waals surface area contributed by atoms with E-state index in [-0.39, 0.29) is 29.5 Å². The number of non-ortho nitro benzene ring substituents is 1. The number of hydrogen-bond acceptors (Lipinski definition) is 7. The Balaban J connectivity index is 1.49. The van der Waals surface area contributed by atoms with Crippen LogP contribution in [0.1, 0.15) is 27.4 Å². The summed E-state index contributed by atoms with van der Waals surface area (Å²) >= 11 is 0. The molecular weight excluding hydrogens is 464 g/mol. The predicted molar refractivity (Wildman–Crippen MR) is 133 cm³/mol. The van der Waals surface area contributed by atoms with Gasteiger partial charge in [-0.1, -0.05) is 30.3 Å². The van der Waals surface area contributed by atoms with Gasteiger partial charge in [-0.05, 0) is 49.2 Å². The molecule has 1 N–H and O–H groups in total. The number of hydrogen-bond donors (Lipinski definition) is 1. The van der Waals surface area contributed by atoms with E-state index in [4.69, 9.17) is 18.6 Å². The minimum atomic E-state index is -0.572. The lowest BCUT2D eigenvalue weighted by molar-refractivity contribution is -0.384. The maximum atomic E-state index is 12.8. The molecule has 0 aliphatic carbocycles. The largest absolute Gasteiger partial charge is 0.493 e. The summed E-state index contributed by atoms with van der Waals surface area (Å²) in [4.78, 5) is 23.7. The molecule has 9 nitrogen and oxygen atoms in total. The number of ether oxygens (including phenoxy) is 3. The van der Waals surface area contributed by atoms with Crippen LogP contribution in [0, 0.1) is 24.0 Å². The second-order valence-electron chi connectivity index (χ2n) is 7.96. The van der Waals surface area contributed by atoms with Crippen LogP contribution in [-0.2, 0) is 6.61 Å². The molecule has 0 aliphatic rings. The van der Waals surface area contributed by atoms with Crippen LogP contribution in [0.15, 0.2) is 77.2 Å². The molecule has 0 saturated heterocycles. The Labute approximate surface area is 207 Å². The molecule has 4 rings (SSSR count). The summed E-state index contributed by atoms with van der Waals surface area (Å²) in [5.41, 5.74) is 1.91. The Hall–Kier alpha value is -4.79. The van der Waals surface area contributed by atoms with E-state index in [2.05, 4.69) is 5.32 Å². The van der Waals surface area contributed by atoms with Crippen molar-refractivity contribution in [1.29, 1.82) is 0 Å². The summed E-state index contributed by atoms with van der Waals surface area (Å²) in [6, 6.07) is 19.9. The zero-order valence-electron chi connectivity index (χ0n) is 19.9. The van der Waals surface area contributed by atoms with Crippen molar-refractivity contribution in [3.8, 4) is 23.0 Å². The van der Waals surface area contributed by atoms with Crippen molar-refractivity contribution in [2.45, 2.75) is 20.5 Å². The van der Waals surface area contributed by atoms with Crippen molar-refractivity contribution >= 4 is 17.3 Å². The second-order valence-corrected chi connectivity index (χ2v) is 7.96. The number of para-hydroxylation sites is 3. The van der Waals surface area contributed by atoms with Crippen LogP contribution in [0.4, 0.5) is 11.4 Å². The summed E-state index contributed by atoms with van der Waals surface area (Å²) < 4.78 is 22.6. The maximum Gasteiger partial charge on any atom is 0.291 e. The fraction of sp³-hybridized carbons (Fsp3) is 0.148. The number of nitro groups is 1. The Morgan fingerprint density at radius 1 is 0.972 bits per heavy atom. The summed E-state index contributed by atoms with van der Waals surface area (Å²) in [5, 5.41) is 14.1. The fourth-order valence-electron chi connectivity index (χ4n) is 3.59. The molecule has 3 aromatic carbocycles. The topological polar surface area (TPSA) is 113 Å². The molecule has 0 aliphatic heterocycles. The van der Waals surface area contributed by atoms with Gasteiger partial charge < -0.3 is 23.9 Å². The SMILES string of the molecule is COc1ccccc1Oc1cc(NC(=O)c2ccc(COc3c(C)cccc3C)o2)cc([N+](=O)[O-])c1. The highest BCUT2D eigenvalue weighted by Crippen LogP contribution is 2.34. The predicted octanol–water partition coefficient (Wildman–Crippen LogP) is 6.44. The number of anilines is 1. The van der Waals surface area contributed by atoms with Crippen molar-refractivity contribution in [2.75, 3.05) is 12.4 Å². The van der Waals surface area contributed by atoms with Gasteiger partial charge in [0.25, 0.3) is 11.6 Å². The van der Waals surface area contributed by atoms with Crippen molar-refractivity contribution < 1.29 is 28.3 Å². The van der Waals surface area contributed by atoms with Crippen molar-refractivity contribution in [3.63, 3.8) is 0 Å². The minimum absolute atomic E-state index is 0.0359. The van der Waals surface area contributed by atoms with E-state index in [1.807, 2.05) is 32.0 Å². The lowest BCUT2D eigenvalue weighted by Gasteiger charge is -2.11. The van der Waals surface area contributed by atoms with Gasteiger partial charge in [0.15, 0.2) is 17.3 Å². The Bertz CT molecular complexity index is 1390. The van der Waals surface area contributed by atoms with Crippen LogP contribution in [0.5, 0.6) is 23.0 Å². The Kier molecular flexibility index (Phi) is 7.20. The first-order chi connectivity index (χ1) is 17.3. The average molecular weight is 488 g/mol. The average Bonchev–Trinajstić information content (AvgIpc) is 3.33. The molecule has 184 valence electrons. The zero-order valence-corrected chi connectivity index (χ0v) is 19.9. The standard InChI is InChI=1S/C27H24N2O7/c1-17-7-6-8-18(2)26(17)34-16-21-11-12-25(35-21)27(30)28-19-13-20(29(31)32)15-22(14-19)36-24-10-5-4-9-23(24)33-3/h4-15H,16H2,1-3H3,(H,28,30). The van der Waals surface area contributed by atoms with Crippen LogP contribution < -0.4 is 19.5 Å². The van der Waals surface area contributed by atoms with Crippen molar-refractivity contribution in [3.05, 3.63) is 106 Å². The number of nitrogens with one attached hydrogen (secondary N) is 1. The molecule has 0 saturated carbocycles. The molecule has 1 aromatic heterocycles. The number of carbonyl (C=O) groups excluding carboxylic acids is 1. The van der Waals surface area contributed by atoms with Crippen LogP contribution >= 0.6 is 0 Å². The zero-order chi connectivity index (χ0) is 25.7. The number of rotatable bonds is 9. The summed E-state index contributed by atoms with van der Waals surface area (Å²) in [6.45, 7) is 4.05. The number of amides is 1. The van der Waals surface area contributed by atoms with Gasteiger partial charge in [-0.3, -0.25) is 14.9 Å². The first-order valence-electron chi connectivity index (χ1n) is 11.0. The Morgan fingerprint density at radius 3 is 2.39 bits per heavy atom. The monoisotopic (exact) mass is 488 g/mol. The number of benzene rings is 3. The first kappa shape index (κ1) is 24.3. The van der Waals surface area contributed by atoms with Gasteiger partial charge >= 0.3 is 0 Å². The molecule has 0 unspecified atom stereocenters. The highest BCUT2D eigenvalue weighted by molar-refractivity contribution is 6.02. The van der Waals surface area contributed by atoms with E-state index in [1.54, 1.807) is 30.3 Å². The van der Waals surface area contributed by atoms with Crippen LogP contribution in [-0.4, -0.2) is 17.9 Å². The third-order valence-electron chi connectivity index (χ3n) is 5.31. The lowest BCUT2D eigenvalue weighted by Crippen LogP contribution is -2.11. The number of furan rings is 1. The van der Waals surface area contributed by atoms with E-state index in [0.29, 0.717) is 17.3 Å². The number of carbonyl (C=O) groups is 1. The third-order valence-corrected chi connectivity index (χ3v) is 5.31. The van der Waals surface area contributed by atoms with E-state index >= 15 is 0 Å². The smallest absolute Gasteiger partial charge is 0.291 e. The molecule has 0 fully saturated rings. The number of nitro benzene ring substituents is 1.